The first-order valence-electron chi connectivity index (χ1n) is 6.00. The molecule has 2 rings (SSSR count). The van der Waals surface area contributed by atoms with Crippen molar-refractivity contribution in [2.45, 2.75) is 12.5 Å². The molecule has 110 valence electrons. The Balaban J connectivity index is 2.03. The van der Waals surface area contributed by atoms with Gasteiger partial charge in [-0.15, -0.1) is 11.3 Å². The van der Waals surface area contributed by atoms with Gasteiger partial charge in [0, 0.05) is 18.0 Å². The van der Waals surface area contributed by atoms with Crippen LogP contribution in [-0.4, -0.2) is 46.8 Å². The summed E-state index contributed by atoms with van der Waals surface area (Å²) in [5.41, 5.74) is 0. The number of hydrogen-bond acceptors (Lipinski definition) is 5. The van der Waals surface area contributed by atoms with Gasteiger partial charge >= 0.3 is 5.97 Å². The predicted octanol–water partition coefficient (Wildman–Crippen LogP) is 0.333. The molecular formula is C13H12N2O5S. The third-order valence-electron chi connectivity index (χ3n) is 2.93. The monoisotopic (exact) mass is 308 g/mol. The Morgan fingerprint density at radius 1 is 1.43 bits per heavy atom. The molecule has 1 saturated heterocycles. The number of rotatable bonds is 4. The number of carboxylic acids is 1. The molecule has 1 unspecified atom stereocenters. The van der Waals surface area contributed by atoms with Crippen LogP contribution in [0.1, 0.15) is 21.0 Å². The third kappa shape index (κ3) is 3.34. The first-order valence-corrected chi connectivity index (χ1v) is 6.82. The van der Waals surface area contributed by atoms with Crippen LogP contribution in [0.4, 0.5) is 0 Å². The van der Waals surface area contributed by atoms with E-state index in [4.69, 9.17) is 5.11 Å². The largest absolute Gasteiger partial charge is 0.478 e. The summed E-state index contributed by atoms with van der Waals surface area (Å²) in [5.74, 6) is -2.30. The minimum atomic E-state index is -1.08. The molecule has 3 amide bonds. The van der Waals surface area contributed by atoms with Crippen LogP contribution < -0.4 is 5.32 Å². The van der Waals surface area contributed by atoms with E-state index < -0.39 is 23.8 Å². The van der Waals surface area contributed by atoms with Crippen molar-refractivity contribution in [3.63, 3.8) is 0 Å². The van der Waals surface area contributed by atoms with E-state index in [1.165, 1.54) is 19.2 Å². The second-order valence-corrected chi connectivity index (χ2v) is 5.51. The summed E-state index contributed by atoms with van der Waals surface area (Å²) in [7, 11) is 1.37. The molecule has 8 heteroatoms. The van der Waals surface area contributed by atoms with Gasteiger partial charge < -0.3 is 10.4 Å². The minimum absolute atomic E-state index is 0.0434. The lowest BCUT2D eigenvalue weighted by atomic mass is 10.2. The molecule has 7 nitrogen and oxygen atoms in total. The van der Waals surface area contributed by atoms with Gasteiger partial charge in [-0.05, 0) is 18.2 Å². The lowest BCUT2D eigenvalue weighted by Gasteiger charge is -2.09. The lowest BCUT2D eigenvalue weighted by molar-refractivity contribution is -0.137. The number of nitrogens with zero attached hydrogens (tertiary/aromatic N) is 1. The van der Waals surface area contributed by atoms with Crippen molar-refractivity contribution in [3.05, 3.63) is 28.0 Å². The molecule has 1 aromatic rings. The maximum Gasteiger partial charge on any atom is 0.328 e. The van der Waals surface area contributed by atoms with Crippen molar-refractivity contribution >= 4 is 41.1 Å². The third-order valence-corrected chi connectivity index (χ3v) is 3.98. The van der Waals surface area contributed by atoms with Crippen molar-refractivity contribution in [2.75, 3.05) is 7.05 Å². The summed E-state index contributed by atoms with van der Waals surface area (Å²) in [6.45, 7) is 0. The summed E-state index contributed by atoms with van der Waals surface area (Å²) in [5, 5.41) is 11.0. The molecule has 1 atom stereocenters. The standard InChI is InChI=1S/C13H12N2O5S/c1-15-10(16)6-8(13(15)20)14-12(19)9-4-2-7(21-9)3-5-11(17)18/h2-5,8H,6H2,1H3,(H,14,19)(H,17,18). The zero-order chi connectivity index (χ0) is 15.6. The predicted molar refractivity (Wildman–Crippen MR) is 74.6 cm³/mol. The highest BCUT2D eigenvalue weighted by atomic mass is 32.1. The number of carbonyl (C=O) groups excluding carboxylic acids is 3. The Bertz CT molecular complexity index is 649. The van der Waals surface area contributed by atoms with E-state index in [0.29, 0.717) is 9.75 Å². The fraction of sp³-hybridized carbons (Fsp3) is 0.231. The van der Waals surface area contributed by atoms with Gasteiger partial charge in [0.2, 0.25) is 5.91 Å². The SMILES string of the molecule is CN1C(=O)CC(NC(=O)c2ccc(C=CC(=O)O)s2)C1=O. The number of hydrogen-bond donors (Lipinski definition) is 2. The van der Waals surface area contributed by atoms with E-state index in [0.717, 1.165) is 22.3 Å². The van der Waals surface area contributed by atoms with Crippen LogP contribution in [0.25, 0.3) is 6.08 Å². The summed E-state index contributed by atoms with van der Waals surface area (Å²) in [6.07, 6.45) is 2.31. The zero-order valence-electron chi connectivity index (χ0n) is 11.0. The van der Waals surface area contributed by atoms with E-state index in [-0.39, 0.29) is 12.3 Å². The fourth-order valence-corrected chi connectivity index (χ4v) is 2.63. The number of nitrogens with one attached hydrogen (secondary N) is 1. The van der Waals surface area contributed by atoms with Crippen molar-refractivity contribution in [3.8, 4) is 0 Å². The number of likely N-dealkylation sites (N-methyl/N-ethyl adjacent to an activating group) is 1. The van der Waals surface area contributed by atoms with Crippen LogP contribution in [0.15, 0.2) is 18.2 Å². The van der Waals surface area contributed by atoms with Gasteiger partial charge in [0.15, 0.2) is 0 Å². The minimum Gasteiger partial charge on any atom is -0.478 e. The number of likely N-dealkylation sites (tertiary alicyclic amines) is 1. The van der Waals surface area contributed by atoms with Crippen molar-refractivity contribution in [1.29, 1.82) is 0 Å². The lowest BCUT2D eigenvalue weighted by Crippen LogP contribution is -2.40. The molecule has 0 aliphatic carbocycles. The van der Waals surface area contributed by atoms with E-state index in [9.17, 15) is 19.2 Å². The molecule has 1 aliphatic heterocycles. The van der Waals surface area contributed by atoms with Crippen molar-refractivity contribution < 1.29 is 24.3 Å². The normalized spacial score (nSPS) is 18.5. The smallest absolute Gasteiger partial charge is 0.328 e. The molecule has 1 fully saturated rings. The van der Waals surface area contributed by atoms with Gasteiger partial charge in [0.05, 0.1) is 11.3 Å². The van der Waals surface area contributed by atoms with Gasteiger partial charge in [0.25, 0.3) is 11.8 Å². The highest BCUT2D eigenvalue weighted by molar-refractivity contribution is 7.14. The quantitative estimate of drug-likeness (QED) is 0.616. The molecule has 0 spiro atoms. The first kappa shape index (κ1) is 14.9. The van der Waals surface area contributed by atoms with Crippen LogP contribution in [0.2, 0.25) is 0 Å². The van der Waals surface area contributed by atoms with E-state index >= 15 is 0 Å². The maximum absolute atomic E-state index is 12.0. The highest BCUT2D eigenvalue weighted by Gasteiger charge is 2.37. The average Bonchev–Trinajstić information content (AvgIpc) is 2.99. The Morgan fingerprint density at radius 3 is 2.71 bits per heavy atom. The van der Waals surface area contributed by atoms with E-state index in [1.807, 2.05) is 0 Å². The second kappa shape index (κ2) is 5.88. The van der Waals surface area contributed by atoms with Crippen molar-refractivity contribution in [1.82, 2.24) is 10.2 Å². The summed E-state index contributed by atoms with van der Waals surface area (Å²) in [4.78, 5) is 47.4. The molecule has 0 radical (unpaired) electrons. The number of thiophene rings is 1. The van der Waals surface area contributed by atoms with Crippen LogP contribution in [0.3, 0.4) is 0 Å². The first-order chi connectivity index (χ1) is 9.88. The van der Waals surface area contributed by atoms with Crippen LogP contribution >= 0.6 is 11.3 Å². The molecule has 0 aromatic carbocycles. The molecular weight excluding hydrogens is 296 g/mol. The molecule has 1 aliphatic rings. The maximum atomic E-state index is 12.0. The molecule has 1 aromatic heterocycles. The Kier molecular flexibility index (Phi) is 4.18. The van der Waals surface area contributed by atoms with Gasteiger partial charge in [-0.3, -0.25) is 19.3 Å². The van der Waals surface area contributed by atoms with Crippen molar-refractivity contribution in [2.24, 2.45) is 0 Å². The Labute approximate surface area is 123 Å². The molecule has 2 N–H and O–H groups in total. The Morgan fingerprint density at radius 2 is 2.14 bits per heavy atom. The summed E-state index contributed by atoms with van der Waals surface area (Å²) in [6, 6.07) is 2.30. The molecule has 0 bridgehead atoms. The van der Waals surface area contributed by atoms with Gasteiger partial charge in [-0.2, -0.15) is 0 Å². The Hall–Kier alpha value is -2.48. The number of imide groups is 1. The average molecular weight is 308 g/mol. The van der Waals surface area contributed by atoms with Crippen LogP contribution in [-0.2, 0) is 14.4 Å². The zero-order valence-corrected chi connectivity index (χ0v) is 11.8. The second-order valence-electron chi connectivity index (χ2n) is 4.39. The molecule has 2 heterocycles. The number of amides is 3. The number of carbonyl (C=O) groups is 4. The van der Waals surface area contributed by atoms with E-state index in [1.54, 1.807) is 6.07 Å². The number of carboxylic acid groups (broad SMARTS) is 1. The van der Waals surface area contributed by atoms with Crippen LogP contribution in [0, 0.1) is 0 Å². The summed E-state index contributed by atoms with van der Waals surface area (Å²) < 4.78 is 0. The molecule has 0 saturated carbocycles. The summed E-state index contributed by atoms with van der Waals surface area (Å²) >= 11 is 1.10. The van der Waals surface area contributed by atoms with Crippen LogP contribution in [0.5, 0.6) is 0 Å². The fourth-order valence-electron chi connectivity index (χ4n) is 1.82. The van der Waals surface area contributed by atoms with E-state index in [2.05, 4.69) is 5.32 Å². The highest BCUT2D eigenvalue weighted by Crippen LogP contribution is 2.19. The van der Waals surface area contributed by atoms with Gasteiger partial charge in [-0.1, -0.05) is 0 Å². The van der Waals surface area contributed by atoms with Gasteiger partial charge in [-0.25, -0.2) is 4.79 Å². The molecule has 21 heavy (non-hydrogen) atoms. The van der Waals surface area contributed by atoms with Gasteiger partial charge in [0.1, 0.15) is 6.04 Å². The topological polar surface area (TPSA) is 104 Å². The number of aliphatic carboxylic acids is 1.